The highest BCUT2D eigenvalue weighted by molar-refractivity contribution is 5.97. The van der Waals surface area contributed by atoms with E-state index in [0.717, 1.165) is 0 Å². The van der Waals surface area contributed by atoms with E-state index in [9.17, 15) is 14.4 Å². The lowest BCUT2D eigenvalue weighted by Gasteiger charge is -2.01. The number of carbonyl (C=O) groups excluding carboxylic acids is 3. The van der Waals surface area contributed by atoms with Crippen molar-refractivity contribution in [1.29, 1.82) is 0 Å². The van der Waals surface area contributed by atoms with Gasteiger partial charge in [-0.05, 0) is 19.9 Å². The largest absolute Gasteiger partial charge is 0.466 e. The van der Waals surface area contributed by atoms with Crippen LogP contribution in [0.25, 0.3) is 0 Å². The smallest absolute Gasteiger partial charge is 0.311 e. The molecule has 0 atom stereocenters. The second-order valence-corrected chi connectivity index (χ2v) is 3.27. The number of aromatic amines is 1. The van der Waals surface area contributed by atoms with E-state index in [0.29, 0.717) is 17.5 Å². The fraction of sp³-hybridized carbons (Fsp3) is 0.364. The van der Waals surface area contributed by atoms with Crippen LogP contribution in [0.1, 0.15) is 40.4 Å². The summed E-state index contributed by atoms with van der Waals surface area (Å²) in [6.07, 6.45) is 0.567. The molecule has 16 heavy (non-hydrogen) atoms. The Balaban J connectivity index is 2.93. The molecule has 86 valence electrons. The van der Waals surface area contributed by atoms with Crippen LogP contribution >= 0.6 is 0 Å². The normalized spacial score (nSPS) is 9.88. The van der Waals surface area contributed by atoms with E-state index in [1.54, 1.807) is 6.92 Å². The third-order valence-corrected chi connectivity index (χ3v) is 2.05. The maximum absolute atomic E-state index is 11.2. The molecule has 0 aromatic carbocycles. The number of ketones is 1. The Morgan fingerprint density at radius 1 is 1.50 bits per heavy atom. The van der Waals surface area contributed by atoms with Crippen LogP contribution < -0.4 is 0 Å². The minimum atomic E-state index is -0.427. The first-order chi connectivity index (χ1) is 7.58. The number of esters is 1. The first-order valence-electron chi connectivity index (χ1n) is 4.92. The first kappa shape index (κ1) is 12.2. The van der Waals surface area contributed by atoms with E-state index in [4.69, 9.17) is 4.74 Å². The number of Topliss-reactive ketones (excluding diaryl/α,β-unsaturated/α-hetero) is 1. The molecule has 5 heteroatoms. The first-order valence-corrected chi connectivity index (χ1v) is 4.92. The molecule has 0 bridgehead atoms. The molecule has 0 amide bonds. The Labute approximate surface area is 92.8 Å². The molecule has 0 aliphatic heterocycles. The van der Waals surface area contributed by atoms with Crippen LogP contribution in [0.5, 0.6) is 0 Å². The van der Waals surface area contributed by atoms with Crippen LogP contribution in [0.2, 0.25) is 0 Å². The van der Waals surface area contributed by atoms with Crippen molar-refractivity contribution in [2.24, 2.45) is 0 Å². The van der Waals surface area contributed by atoms with Gasteiger partial charge in [-0.2, -0.15) is 0 Å². The van der Waals surface area contributed by atoms with Crippen LogP contribution in [0.3, 0.4) is 0 Å². The third-order valence-electron chi connectivity index (χ3n) is 2.05. The average molecular weight is 223 g/mol. The minimum absolute atomic E-state index is 0.0312. The van der Waals surface area contributed by atoms with E-state index in [1.807, 2.05) is 0 Å². The summed E-state index contributed by atoms with van der Waals surface area (Å²) in [5, 5.41) is 0. The summed E-state index contributed by atoms with van der Waals surface area (Å²) in [7, 11) is 0. The SMILES string of the molecule is CCOC(=O)Cc1[nH]c(C=O)cc1C(C)=O. The summed E-state index contributed by atoms with van der Waals surface area (Å²) in [6.45, 7) is 3.37. The monoisotopic (exact) mass is 223 g/mol. The van der Waals surface area contributed by atoms with Gasteiger partial charge in [0.05, 0.1) is 18.7 Å². The van der Waals surface area contributed by atoms with Crippen LogP contribution in [-0.2, 0) is 16.0 Å². The number of hydrogen-bond acceptors (Lipinski definition) is 4. The van der Waals surface area contributed by atoms with Crippen molar-refractivity contribution in [1.82, 2.24) is 4.98 Å². The number of hydrogen-bond donors (Lipinski definition) is 1. The van der Waals surface area contributed by atoms with Gasteiger partial charge in [-0.15, -0.1) is 0 Å². The Kier molecular flexibility index (Phi) is 3.99. The van der Waals surface area contributed by atoms with Crippen molar-refractivity contribution in [3.8, 4) is 0 Å². The van der Waals surface area contributed by atoms with Crippen LogP contribution in [0.4, 0.5) is 0 Å². The number of carbonyl (C=O) groups is 3. The highest BCUT2D eigenvalue weighted by Gasteiger charge is 2.15. The lowest BCUT2D eigenvalue weighted by Crippen LogP contribution is -2.10. The zero-order valence-electron chi connectivity index (χ0n) is 9.20. The maximum atomic E-state index is 11.2. The number of aromatic nitrogens is 1. The van der Waals surface area contributed by atoms with Gasteiger partial charge >= 0.3 is 5.97 Å². The molecule has 5 nitrogen and oxygen atoms in total. The second kappa shape index (κ2) is 5.25. The molecule has 1 aromatic rings. The lowest BCUT2D eigenvalue weighted by molar-refractivity contribution is -0.142. The average Bonchev–Trinajstić information content (AvgIpc) is 2.61. The number of ether oxygens (including phenoxy) is 1. The van der Waals surface area contributed by atoms with Crippen molar-refractivity contribution in [3.05, 3.63) is 23.0 Å². The van der Waals surface area contributed by atoms with Crippen molar-refractivity contribution < 1.29 is 19.1 Å². The van der Waals surface area contributed by atoms with E-state index in [1.165, 1.54) is 13.0 Å². The lowest BCUT2D eigenvalue weighted by atomic mass is 10.1. The molecular weight excluding hydrogens is 210 g/mol. The zero-order chi connectivity index (χ0) is 12.1. The number of rotatable bonds is 5. The van der Waals surface area contributed by atoms with Gasteiger partial charge in [0.25, 0.3) is 0 Å². The molecule has 1 heterocycles. The molecule has 0 spiro atoms. The topological polar surface area (TPSA) is 76.2 Å². The zero-order valence-corrected chi connectivity index (χ0v) is 9.20. The molecule has 0 saturated heterocycles. The molecule has 0 unspecified atom stereocenters. The van der Waals surface area contributed by atoms with Crippen molar-refractivity contribution in [3.63, 3.8) is 0 Å². The van der Waals surface area contributed by atoms with Crippen LogP contribution in [0.15, 0.2) is 6.07 Å². The summed E-state index contributed by atoms with van der Waals surface area (Å²) in [5.74, 6) is -0.618. The van der Waals surface area contributed by atoms with Gasteiger partial charge in [0.1, 0.15) is 0 Å². The Morgan fingerprint density at radius 2 is 2.19 bits per heavy atom. The fourth-order valence-electron chi connectivity index (χ4n) is 1.39. The van der Waals surface area contributed by atoms with E-state index >= 15 is 0 Å². The van der Waals surface area contributed by atoms with Gasteiger partial charge in [-0.25, -0.2) is 0 Å². The molecule has 1 aromatic heterocycles. The molecule has 0 aliphatic carbocycles. The minimum Gasteiger partial charge on any atom is -0.466 e. The van der Waals surface area contributed by atoms with E-state index in [-0.39, 0.29) is 24.5 Å². The van der Waals surface area contributed by atoms with E-state index in [2.05, 4.69) is 4.98 Å². The number of aldehydes is 1. The highest BCUT2D eigenvalue weighted by Crippen LogP contribution is 2.12. The molecular formula is C11H13NO4. The molecule has 0 saturated carbocycles. The fourth-order valence-corrected chi connectivity index (χ4v) is 1.39. The van der Waals surface area contributed by atoms with Gasteiger partial charge in [0, 0.05) is 11.3 Å². The summed E-state index contributed by atoms with van der Waals surface area (Å²) in [5.41, 5.74) is 1.06. The molecule has 0 radical (unpaired) electrons. The van der Waals surface area contributed by atoms with Crippen molar-refractivity contribution >= 4 is 18.0 Å². The van der Waals surface area contributed by atoms with E-state index < -0.39 is 5.97 Å². The predicted molar refractivity (Wildman–Crippen MR) is 56.5 cm³/mol. The van der Waals surface area contributed by atoms with Crippen LogP contribution in [0, 0.1) is 0 Å². The van der Waals surface area contributed by atoms with Gasteiger partial charge < -0.3 is 9.72 Å². The van der Waals surface area contributed by atoms with Crippen molar-refractivity contribution in [2.75, 3.05) is 6.61 Å². The molecule has 1 rings (SSSR count). The highest BCUT2D eigenvalue weighted by atomic mass is 16.5. The summed E-state index contributed by atoms with van der Waals surface area (Å²) >= 11 is 0. The van der Waals surface area contributed by atoms with Crippen molar-refractivity contribution in [2.45, 2.75) is 20.3 Å². The quantitative estimate of drug-likeness (QED) is 0.461. The molecule has 1 N–H and O–H groups in total. The Bertz CT molecular complexity index is 420. The van der Waals surface area contributed by atoms with Crippen LogP contribution in [-0.4, -0.2) is 29.6 Å². The summed E-state index contributed by atoms with van der Waals surface area (Å²) in [6, 6.07) is 1.43. The molecule has 0 aliphatic rings. The van der Waals surface area contributed by atoms with Gasteiger partial charge in [0.15, 0.2) is 12.1 Å². The van der Waals surface area contributed by atoms with Gasteiger partial charge in [0.2, 0.25) is 0 Å². The maximum Gasteiger partial charge on any atom is 0.311 e. The molecule has 0 fully saturated rings. The Hall–Kier alpha value is -1.91. The number of H-pyrrole nitrogens is 1. The third kappa shape index (κ3) is 2.79. The predicted octanol–water partition coefficient (Wildman–Crippen LogP) is 1.14. The summed E-state index contributed by atoms with van der Waals surface area (Å²) in [4.78, 5) is 35.7. The van der Waals surface area contributed by atoms with Gasteiger partial charge in [-0.3, -0.25) is 14.4 Å². The number of nitrogens with one attached hydrogen (secondary N) is 1. The second-order valence-electron chi connectivity index (χ2n) is 3.27. The standard InChI is InChI=1S/C11H13NO4/c1-3-16-11(15)5-10-9(7(2)14)4-8(6-13)12-10/h4,6,12H,3,5H2,1-2H3. The van der Waals surface area contributed by atoms with Gasteiger partial charge in [-0.1, -0.05) is 0 Å². The Morgan fingerprint density at radius 3 is 2.69 bits per heavy atom. The summed E-state index contributed by atoms with van der Waals surface area (Å²) < 4.78 is 4.76.